The minimum Gasteiger partial charge on any atom is -0.497 e. The molecule has 0 saturated heterocycles. The molecule has 3 aromatic rings. The number of nitrogens with zero attached hydrogens (tertiary/aromatic N) is 1. The summed E-state index contributed by atoms with van der Waals surface area (Å²) in [6.45, 7) is 6.16. The molecule has 1 aliphatic heterocycles. The molecule has 0 radical (unpaired) electrons. The molecule has 0 aromatic heterocycles. The van der Waals surface area contributed by atoms with Crippen LogP contribution in [0.1, 0.15) is 61.8 Å². The van der Waals surface area contributed by atoms with Gasteiger partial charge >= 0.3 is 0 Å². The van der Waals surface area contributed by atoms with Crippen LogP contribution in [-0.2, 0) is 9.59 Å². The second-order valence-electron chi connectivity index (χ2n) is 10.5. The van der Waals surface area contributed by atoms with Crippen LogP contribution in [0.3, 0.4) is 0 Å². The molecule has 3 aromatic carbocycles. The fourth-order valence-electron chi connectivity index (χ4n) is 5.51. The predicted molar refractivity (Wildman–Crippen MR) is 148 cm³/mol. The topological polar surface area (TPSA) is 58.6 Å². The molecule has 37 heavy (non-hydrogen) atoms. The van der Waals surface area contributed by atoms with Crippen LogP contribution < -0.4 is 15.0 Å². The Bertz CT molecular complexity index is 1360. The van der Waals surface area contributed by atoms with Crippen LogP contribution in [0.15, 0.2) is 84.1 Å². The van der Waals surface area contributed by atoms with Crippen molar-refractivity contribution in [1.29, 1.82) is 0 Å². The molecule has 1 heterocycles. The first-order valence-corrected chi connectivity index (χ1v) is 13.0. The molecule has 5 heteroatoms. The highest BCUT2D eigenvalue weighted by molar-refractivity contribution is 6.06. The van der Waals surface area contributed by atoms with E-state index in [1.54, 1.807) is 7.11 Å². The summed E-state index contributed by atoms with van der Waals surface area (Å²) in [5, 5.41) is 3.60. The lowest BCUT2D eigenvalue weighted by atomic mass is 9.78. The average Bonchev–Trinajstić information content (AvgIpc) is 3.03. The Balaban J connectivity index is 1.70. The van der Waals surface area contributed by atoms with Gasteiger partial charge in [-0.1, -0.05) is 67.9 Å². The number of anilines is 2. The number of fused-ring (bicyclic) bond motifs is 1. The Hall–Kier alpha value is -3.86. The number of hydrogen-bond donors (Lipinski definition) is 1. The zero-order valence-electron chi connectivity index (χ0n) is 22.0. The number of methoxy groups -OCH3 is 1. The highest BCUT2D eigenvalue weighted by Gasteiger charge is 2.41. The summed E-state index contributed by atoms with van der Waals surface area (Å²) in [4.78, 5) is 29.8. The number of hydrogen-bond acceptors (Lipinski definition) is 4. The fourth-order valence-corrected chi connectivity index (χ4v) is 5.51. The van der Waals surface area contributed by atoms with Crippen molar-refractivity contribution in [3.8, 4) is 5.75 Å². The van der Waals surface area contributed by atoms with Crippen molar-refractivity contribution in [2.75, 3.05) is 17.3 Å². The van der Waals surface area contributed by atoms with Gasteiger partial charge in [0.05, 0.1) is 24.5 Å². The van der Waals surface area contributed by atoms with Crippen LogP contribution in [0.25, 0.3) is 0 Å². The third kappa shape index (κ3) is 4.91. The summed E-state index contributed by atoms with van der Waals surface area (Å²) >= 11 is 0. The summed E-state index contributed by atoms with van der Waals surface area (Å²) < 4.78 is 5.53. The lowest BCUT2D eigenvalue weighted by Crippen LogP contribution is -2.39. The van der Waals surface area contributed by atoms with E-state index in [1.165, 1.54) is 5.56 Å². The van der Waals surface area contributed by atoms with E-state index in [2.05, 4.69) is 36.5 Å². The van der Waals surface area contributed by atoms with E-state index in [1.807, 2.05) is 67.3 Å². The van der Waals surface area contributed by atoms with Gasteiger partial charge in [-0.2, -0.15) is 0 Å². The molecule has 0 spiro atoms. The van der Waals surface area contributed by atoms with Gasteiger partial charge in [-0.25, -0.2) is 0 Å². The lowest BCUT2D eigenvalue weighted by Gasteiger charge is -2.35. The van der Waals surface area contributed by atoms with E-state index in [9.17, 15) is 9.59 Å². The number of Topliss-reactive ketones (excluding diaryl/α,β-unsaturated/α-hetero) is 1. The zero-order chi connectivity index (χ0) is 26.1. The van der Waals surface area contributed by atoms with E-state index < -0.39 is 6.04 Å². The minimum absolute atomic E-state index is 0.000669. The van der Waals surface area contributed by atoms with Gasteiger partial charge in [0.15, 0.2) is 5.78 Å². The van der Waals surface area contributed by atoms with Gasteiger partial charge in [0.1, 0.15) is 5.75 Å². The first kappa shape index (κ1) is 24.8. The summed E-state index contributed by atoms with van der Waals surface area (Å²) in [5.74, 6) is 1.03. The quantitative estimate of drug-likeness (QED) is 0.417. The largest absolute Gasteiger partial charge is 0.497 e. The Kier molecular flexibility index (Phi) is 6.88. The molecule has 0 saturated carbocycles. The van der Waals surface area contributed by atoms with Gasteiger partial charge in [-0.05, 0) is 60.6 Å². The molecule has 1 N–H and O–H groups in total. The number of rotatable bonds is 5. The van der Waals surface area contributed by atoms with Gasteiger partial charge in [0, 0.05) is 24.1 Å². The van der Waals surface area contributed by atoms with Crippen LogP contribution >= 0.6 is 0 Å². The number of ketones is 1. The van der Waals surface area contributed by atoms with Crippen LogP contribution in [-0.4, -0.2) is 18.8 Å². The Labute approximate surface area is 219 Å². The van der Waals surface area contributed by atoms with Crippen molar-refractivity contribution in [3.63, 3.8) is 0 Å². The monoisotopic (exact) mass is 494 g/mol. The summed E-state index contributed by atoms with van der Waals surface area (Å²) in [5.41, 5.74) is 6.42. The van der Waals surface area contributed by atoms with Crippen molar-refractivity contribution >= 4 is 23.1 Å². The van der Waals surface area contributed by atoms with Gasteiger partial charge in [0.2, 0.25) is 5.91 Å². The van der Waals surface area contributed by atoms with Gasteiger partial charge in [0.25, 0.3) is 0 Å². The number of amides is 1. The summed E-state index contributed by atoms with van der Waals surface area (Å²) in [6, 6.07) is 23.5. The van der Waals surface area contributed by atoms with E-state index in [4.69, 9.17) is 4.74 Å². The number of para-hydroxylation sites is 2. The maximum absolute atomic E-state index is 14.0. The maximum Gasteiger partial charge on any atom is 0.228 e. The van der Waals surface area contributed by atoms with Crippen LogP contribution in [0.5, 0.6) is 5.75 Å². The van der Waals surface area contributed by atoms with Crippen molar-refractivity contribution in [1.82, 2.24) is 0 Å². The number of benzene rings is 3. The van der Waals surface area contributed by atoms with Gasteiger partial charge < -0.3 is 10.1 Å². The molecule has 5 rings (SSSR count). The SMILES string of the molecule is COc1cccc([C@H]2C3=C(C[C@@H](c4ccc(C)cc4)CC3=O)Nc3ccccc3N2C(=O)CC(C)C)c1. The van der Waals surface area contributed by atoms with E-state index in [0.717, 1.165) is 28.2 Å². The molecule has 1 aliphatic carbocycles. The Morgan fingerprint density at radius 2 is 1.76 bits per heavy atom. The van der Waals surface area contributed by atoms with Crippen molar-refractivity contribution in [2.24, 2.45) is 5.92 Å². The molecular weight excluding hydrogens is 460 g/mol. The average molecular weight is 495 g/mol. The van der Waals surface area contributed by atoms with E-state index >= 15 is 0 Å². The summed E-state index contributed by atoms with van der Waals surface area (Å²) in [7, 11) is 1.63. The van der Waals surface area contributed by atoms with Gasteiger partial charge in [-0.15, -0.1) is 0 Å². The number of carbonyl (C=O) groups is 2. The number of nitrogens with one attached hydrogen (secondary N) is 1. The molecule has 2 aliphatic rings. The highest BCUT2D eigenvalue weighted by atomic mass is 16.5. The molecule has 5 nitrogen and oxygen atoms in total. The molecule has 0 fully saturated rings. The smallest absolute Gasteiger partial charge is 0.228 e. The molecule has 1 amide bonds. The first-order valence-electron chi connectivity index (χ1n) is 13.0. The molecular formula is C32H34N2O3. The highest BCUT2D eigenvalue weighted by Crippen LogP contribution is 2.48. The van der Waals surface area contributed by atoms with Crippen LogP contribution in [0.4, 0.5) is 11.4 Å². The second-order valence-corrected chi connectivity index (χ2v) is 10.5. The fraction of sp³-hybridized carbons (Fsp3) is 0.312. The Morgan fingerprint density at radius 1 is 1.00 bits per heavy atom. The number of allylic oxidation sites excluding steroid dienone is 1. The van der Waals surface area contributed by atoms with E-state index in [0.29, 0.717) is 30.6 Å². The molecule has 2 atom stereocenters. The van der Waals surface area contributed by atoms with Crippen LogP contribution in [0, 0.1) is 12.8 Å². The Morgan fingerprint density at radius 3 is 2.49 bits per heavy atom. The summed E-state index contributed by atoms with van der Waals surface area (Å²) in [6.07, 6.45) is 1.50. The third-order valence-electron chi connectivity index (χ3n) is 7.30. The van der Waals surface area contributed by atoms with Crippen molar-refractivity contribution in [3.05, 3.63) is 101 Å². The zero-order valence-corrected chi connectivity index (χ0v) is 22.0. The van der Waals surface area contributed by atoms with Crippen molar-refractivity contribution < 1.29 is 14.3 Å². The maximum atomic E-state index is 14.0. The van der Waals surface area contributed by atoms with Crippen LogP contribution in [0.2, 0.25) is 0 Å². The minimum atomic E-state index is -0.543. The number of carbonyl (C=O) groups excluding carboxylic acids is 2. The normalized spacial score (nSPS) is 19.2. The molecule has 190 valence electrons. The first-order chi connectivity index (χ1) is 17.9. The van der Waals surface area contributed by atoms with Crippen molar-refractivity contribution in [2.45, 2.75) is 52.0 Å². The number of aryl methyl sites for hydroxylation is 1. The number of ether oxygens (including phenoxy) is 1. The van der Waals surface area contributed by atoms with Gasteiger partial charge in [-0.3, -0.25) is 14.5 Å². The standard InChI is InChI=1S/C32H34N2O3/c1-20(2)16-30(36)34-28-11-6-5-10-26(28)33-27-18-24(22-14-12-21(3)13-15-22)19-29(35)31(27)32(34)23-8-7-9-25(17-23)37-4/h5-15,17,20,24,32-33H,16,18-19H2,1-4H3/t24-,32+/m1/s1. The second kappa shape index (κ2) is 10.3. The molecule has 0 unspecified atom stereocenters. The van der Waals surface area contributed by atoms with E-state index in [-0.39, 0.29) is 23.5 Å². The lowest BCUT2D eigenvalue weighted by molar-refractivity contribution is -0.119. The third-order valence-corrected chi connectivity index (χ3v) is 7.30. The predicted octanol–water partition coefficient (Wildman–Crippen LogP) is 6.95. The molecule has 0 bridgehead atoms.